The second-order valence-corrected chi connectivity index (χ2v) is 40.0. The first-order valence-corrected chi connectivity index (χ1v) is 46.3. The summed E-state index contributed by atoms with van der Waals surface area (Å²) in [4.78, 5) is 23.9. The van der Waals surface area contributed by atoms with E-state index in [0.717, 1.165) is 105 Å². The lowest BCUT2D eigenvalue weighted by molar-refractivity contribution is -0.152. The molecule has 2 N–H and O–H groups in total. The zero-order chi connectivity index (χ0) is 88.3. The molecule has 8 aromatic rings. The third-order valence-electron chi connectivity index (χ3n) is 24.9. The van der Waals surface area contributed by atoms with Crippen molar-refractivity contribution in [3.63, 3.8) is 0 Å². The molecule has 2 fully saturated rings. The van der Waals surface area contributed by atoms with Crippen molar-refractivity contribution in [1.82, 2.24) is 0 Å². The molecular formula is C112H162O10. The first-order chi connectivity index (χ1) is 57.5. The van der Waals surface area contributed by atoms with Gasteiger partial charge in [-0.2, -0.15) is 0 Å². The molecule has 0 aliphatic carbocycles. The van der Waals surface area contributed by atoms with Crippen molar-refractivity contribution >= 4 is 11.9 Å². The van der Waals surface area contributed by atoms with Gasteiger partial charge in [0.25, 0.3) is 0 Å². The number of carbonyl (C=O) groups excluding carboxylic acids is 2. The topological polar surface area (TPSA) is 130 Å². The Morgan fingerprint density at radius 1 is 0.352 bits per heavy atom. The highest BCUT2D eigenvalue weighted by Crippen LogP contribution is 2.43. The molecule has 10 rings (SSSR count). The highest BCUT2D eigenvalue weighted by molar-refractivity contribution is 5.70. The Labute approximate surface area is 741 Å². The van der Waals surface area contributed by atoms with Crippen molar-refractivity contribution in [3.8, 4) is 22.6 Å². The van der Waals surface area contributed by atoms with Crippen molar-refractivity contribution in [2.45, 2.75) is 339 Å². The van der Waals surface area contributed by atoms with Crippen LogP contribution in [0.15, 0.2) is 182 Å². The summed E-state index contributed by atoms with van der Waals surface area (Å²) in [5.41, 5.74) is 18.8. The maximum atomic E-state index is 12.3. The number of benzene rings is 8. The molecule has 2 heterocycles. The summed E-state index contributed by atoms with van der Waals surface area (Å²) < 4.78 is 33.1. The Kier molecular flexibility index (Phi) is 42.0. The monoisotopic (exact) mass is 1670 g/mol. The number of unbranched alkanes of at least 4 members (excludes halogenated alkanes) is 15. The Hall–Kier alpha value is -7.86. The number of carbonyl (C=O) groups is 2. The number of hydrogen-bond donors (Lipinski definition) is 2. The molecular weight excluding hydrogens is 1510 g/mol. The summed E-state index contributed by atoms with van der Waals surface area (Å²) in [6.07, 6.45) is 26.7. The van der Waals surface area contributed by atoms with Crippen LogP contribution in [0.1, 0.15) is 352 Å². The molecule has 122 heavy (non-hydrogen) atoms. The Morgan fingerprint density at radius 3 is 0.918 bits per heavy atom. The van der Waals surface area contributed by atoms with Gasteiger partial charge in [0.05, 0.1) is 66.1 Å². The molecule has 10 heteroatoms. The van der Waals surface area contributed by atoms with Crippen LogP contribution in [0.25, 0.3) is 11.1 Å². The maximum absolute atomic E-state index is 12.3. The number of aryl methyl sites for hydroxylation is 2. The van der Waals surface area contributed by atoms with E-state index in [1.165, 1.54) is 146 Å². The molecule has 0 atom stereocenters. The lowest BCUT2D eigenvalue weighted by atomic mass is 9.77. The van der Waals surface area contributed by atoms with E-state index in [4.69, 9.17) is 28.4 Å². The van der Waals surface area contributed by atoms with E-state index in [1.54, 1.807) is 0 Å². The third kappa shape index (κ3) is 33.2. The Balaban J connectivity index is 0.000000255. The van der Waals surface area contributed by atoms with Crippen LogP contribution in [0.4, 0.5) is 0 Å². The van der Waals surface area contributed by atoms with Gasteiger partial charge in [-0.3, -0.25) is 9.59 Å². The summed E-state index contributed by atoms with van der Waals surface area (Å²) in [5, 5.41) is 21.5. The second kappa shape index (κ2) is 49.7. The largest absolute Gasteiger partial charge is 0.507 e. The molecule has 2 aliphatic rings. The minimum atomic E-state index is -0.176. The third-order valence-corrected chi connectivity index (χ3v) is 24.9. The van der Waals surface area contributed by atoms with Gasteiger partial charge in [0.2, 0.25) is 0 Å². The van der Waals surface area contributed by atoms with Crippen LogP contribution in [0.5, 0.6) is 11.5 Å². The van der Waals surface area contributed by atoms with Gasteiger partial charge in [-0.1, -0.05) is 417 Å². The molecule has 0 unspecified atom stereocenters. The van der Waals surface area contributed by atoms with Crippen molar-refractivity contribution in [2.75, 3.05) is 52.9 Å². The van der Waals surface area contributed by atoms with Gasteiger partial charge in [0.15, 0.2) is 0 Å². The fourth-order valence-corrected chi connectivity index (χ4v) is 15.9. The summed E-state index contributed by atoms with van der Waals surface area (Å²) in [5.74, 6) is 0.471. The number of rotatable bonds is 41. The van der Waals surface area contributed by atoms with Gasteiger partial charge in [0, 0.05) is 34.5 Å². The highest BCUT2D eigenvalue weighted by atomic mass is 16.5. The molecule has 0 radical (unpaired) electrons. The van der Waals surface area contributed by atoms with Gasteiger partial charge < -0.3 is 38.6 Å². The van der Waals surface area contributed by atoms with Crippen LogP contribution >= 0.6 is 0 Å². The number of phenols is 2. The zero-order valence-corrected chi connectivity index (χ0v) is 78.8. The number of esters is 2. The normalized spacial score (nSPS) is 13.8. The van der Waals surface area contributed by atoms with Crippen LogP contribution in [0.3, 0.4) is 0 Å². The van der Waals surface area contributed by atoms with E-state index in [9.17, 15) is 19.8 Å². The summed E-state index contributed by atoms with van der Waals surface area (Å²) in [7, 11) is 0. The first kappa shape index (κ1) is 103. The number of hydrogen-bond acceptors (Lipinski definition) is 10. The SMILES string of the molecule is C.CC(C)(c1ccccc1)c1ccc(Cc2ccc(C(C)(C)c3ccccc3)cc2)cc1.CCC1(COCc2ccc(-c3ccc(COCC4(CC)COC4)cc3)cc2)COC1.CCCCCCCCCCCCCCCCCCOC(=O)CCc1cc(C(C)(C)C)c(O)c(C(C)(C)C)c1.CCOC(=O)CCc1cc(C(C)(C)C)c(O)c(C(C)(C)C)c1. The lowest BCUT2D eigenvalue weighted by Gasteiger charge is -2.40. The van der Waals surface area contributed by atoms with Crippen molar-refractivity contribution in [2.24, 2.45) is 10.8 Å². The smallest absolute Gasteiger partial charge is 0.306 e. The minimum Gasteiger partial charge on any atom is -0.507 e. The lowest BCUT2D eigenvalue weighted by Crippen LogP contribution is -2.45. The molecule has 670 valence electrons. The fraction of sp³-hybridized carbons (Fsp3) is 0.554. The van der Waals surface area contributed by atoms with Crippen molar-refractivity contribution < 1.29 is 48.2 Å². The average molecular weight is 1670 g/mol. The molecule has 0 saturated carbocycles. The van der Waals surface area contributed by atoms with Gasteiger partial charge in [-0.05, 0) is 156 Å². The summed E-state index contributed by atoms with van der Waals surface area (Å²) in [6.45, 7) is 50.1. The van der Waals surface area contributed by atoms with E-state index < -0.39 is 0 Å². The number of ether oxygens (including phenoxy) is 6. The quantitative estimate of drug-likeness (QED) is 0.0282. The predicted molar refractivity (Wildman–Crippen MR) is 513 cm³/mol. The Morgan fingerprint density at radius 2 is 0.639 bits per heavy atom. The predicted octanol–water partition coefficient (Wildman–Crippen LogP) is 29.0. The van der Waals surface area contributed by atoms with Crippen LogP contribution < -0.4 is 0 Å². The average Bonchev–Trinajstić information content (AvgIpc) is 0.821. The van der Waals surface area contributed by atoms with Crippen molar-refractivity contribution in [3.05, 3.63) is 260 Å². The van der Waals surface area contributed by atoms with Gasteiger partial charge in [-0.15, -0.1) is 0 Å². The fourth-order valence-electron chi connectivity index (χ4n) is 15.9. The van der Waals surface area contributed by atoms with Crippen LogP contribution in [-0.4, -0.2) is 75.0 Å². The molecule has 0 spiro atoms. The van der Waals surface area contributed by atoms with Crippen LogP contribution in [0, 0.1) is 10.8 Å². The standard InChI is InChI=1S/C35H62O3.C31H32.C26H34O4.C19H30O3.CH4/c1-8-9-10-11-12-13-14-15-16-17-18-19-20-21-22-23-26-38-32(36)25-24-29-27-30(34(2,3)4)33(37)31(28-29)35(5,6)7;1-30(2,26-11-7-5-8-12-26)28-19-15-24(16-20-28)23-25-17-21-29(22-18-25)31(3,4)27-13-9-6-10-14-27;1-3-25(17-29-18-25)15-27-13-21-5-9-23(10-6-21)24-11-7-22(8-12-24)14-28-16-26(4-2)19-30-20-26;1-8-22-16(20)10-9-13-11-14(18(2,3)4)17(21)15(12-13)19(5,6)7;/h27-28,37H,8-26H2,1-7H3;5-22H,23H2,1-4H3;5-12H,3-4,13-20H2,1-2H3;11-12,21H,8-10H2,1-7H3;1H4. The van der Waals surface area contributed by atoms with E-state index in [0.29, 0.717) is 63.6 Å². The van der Waals surface area contributed by atoms with Gasteiger partial charge in [0.1, 0.15) is 11.5 Å². The van der Waals surface area contributed by atoms with E-state index in [1.807, 2.05) is 19.1 Å². The molecule has 8 aromatic carbocycles. The molecule has 0 amide bonds. The number of phenolic OH excluding ortho intramolecular Hbond substituents is 2. The van der Waals surface area contributed by atoms with Gasteiger partial charge >= 0.3 is 11.9 Å². The molecule has 2 aliphatic heterocycles. The van der Waals surface area contributed by atoms with E-state index in [2.05, 4.69) is 301 Å². The minimum absolute atomic E-state index is 0. The second-order valence-electron chi connectivity index (χ2n) is 40.0. The van der Waals surface area contributed by atoms with Crippen molar-refractivity contribution in [1.29, 1.82) is 0 Å². The highest BCUT2D eigenvalue weighted by Gasteiger charge is 2.38. The van der Waals surface area contributed by atoms with Crippen LogP contribution in [0.2, 0.25) is 0 Å². The number of aromatic hydroxyl groups is 2. The van der Waals surface area contributed by atoms with Crippen LogP contribution in [-0.2, 0) is 103 Å². The molecule has 10 nitrogen and oxygen atoms in total. The zero-order valence-electron chi connectivity index (χ0n) is 78.8. The molecule has 0 aromatic heterocycles. The van der Waals surface area contributed by atoms with E-state index in [-0.39, 0.29) is 62.7 Å². The molecule has 2 saturated heterocycles. The summed E-state index contributed by atoms with van der Waals surface area (Å²) >= 11 is 0. The van der Waals surface area contributed by atoms with Gasteiger partial charge in [-0.25, -0.2) is 0 Å². The first-order valence-electron chi connectivity index (χ1n) is 46.3. The summed E-state index contributed by atoms with van der Waals surface area (Å²) in [6, 6.07) is 65.3. The Bertz CT molecular complexity index is 4040. The molecule has 0 bridgehead atoms. The maximum Gasteiger partial charge on any atom is 0.306 e. The van der Waals surface area contributed by atoms with E-state index >= 15 is 0 Å².